The maximum atomic E-state index is 12.9. The molecule has 2 aromatic carbocycles. The van der Waals surface area contributed by atoms with E-state index in [1.165, 1.54) is 30.2 Å². The Morgan fingerprint density at radius 1 is 1.10 bits per heavy atom. The van der Waals surface area contributed by atoms with Crippen molar-refractivity contribution in [2.75, 3.05) is 18.2 Å². The Kier molecular flexibility index (Phi) is 9.79. The lowest BCUT2D eigenvalue weighted by molar-refractivity contribution is -0.113. The van der Waals surface area contributed by atoms with Crippen molar-refractivity contribution in [1.29, 1.82) is 0 Å². The third-order valence-electron chi connectivity index (χ3n) is 5.54. The molecule has 0 saturated heterocycles. The highest BCUT2D eigenvalue weighted by atomic mass is 35.5. The Hall–Kier alpha value is -2.76. The van der Waals surface area contributed by atoms with Crippen LogP contribution in [-0.4, -0.2) is 39.5 Å². The maximum absolute atomic E-state index is 12.9. The average molecular weight is 626 g/mol. The fraction of sp³-hybridized carbons (Fsp3) is 0.231. The van der Waals surface area contributed by atoms with E-state index in [0.29, 0.717) is 48.9 Å². The van der Waals surface area contributed by atoms with Crippen LogP contribution in [-0.2, 0) is 16.1 Å². The number of anilines is 1. The molecular weight excluding hydrogens is 603 g/mol. The first-order valence-corrected chi connectivity index (χ1v) is 14.6. The molecule has 0 aliphatic heterocycles. The van der Waals surface area contributed by atoms with Crippen LogP contribution in [0, 0.1) is 0 Å². The van der Waals surface area contributed by atoms with Gasteiger partial charge in [0, 0.05) is 27.5 Å². The monoisotopic (exact) mass is 624 g/mol. The van der Waals surface area contributed by atoms with Gasteiger partial charge in [0.15, 0.2) is 17.1 Å². The van der Waals surface area contributed by atoms with E-state index in [4.69, 9.17) is 44.3 Å². The SMILES string of the molecule is CCn1c(SCC(=O)Nc2scc(-c3ccc(Cl)cc3)c2C(=O)OC)nnc1C(C)Oc1ccc(Cl)cc1Cl. The van der Waals surface area contributed by atoms with Crippen molar-refractivity contribution in [2.24, 2.45) is 0 Å². The largest absolute Gasteiger partial charge is 0.481 e. The number of esters is 1. The molecule has 1 unspecified atom stereocenters. The van der Waals surface area contributed by atoms with Crippen LogP contribution >= 0.6 is 57.9 Å². The molecule has 1 N–H and O–H groups in total. The Bertz CT molecular complexity index is 1490. The molecule has 4 rings (SSSR count). The summed E-state index contributed by atoms with van der Waals surface area (Å²) < 4.78 is 12.8. The number of nitrogens with one attached hydrogen (secondary N) is 1. The number of benzene rings is 2. The molecule has 0 bridgehead atoms. The minimum absolute atomic E-state index is 0.0468. The molecule has 8 nitrogen and oxygen atoms in total. The molecule has 204 valence electrons. The number of ether oxygens (including phenoxy) is 2. The Labute approximate surface area is 248 Å². The number of rotatable bonds is 10. The van der Waals surface area contributed by atoms with Crippen LogP contribution in [0.3, 0.4) is 0 Å². The van der Waals surface area contributed by atoms with Crippen molar-refractivity contribution in [1.82, 2.24) is 14.8 Å². The first-order valence-electron chi connectivity index (χ1n) is 11.6. The van der Waals surface area contributed by atoms with E-state index in [-0.39, 0.29) is 17.2 Å². The molecule has 1 amide bonds. The summed E-state index contributed by atoms with van der Waals surface area (Å²) in [5, 5.41) is 15.6. The Balaban J connectivity index is 1.46. The molecule has 0 fully saturated rings. The number of thiophene rings is 1. The normalized spacial score (nSPS) is 11.7. The third-order valence-corrected chi connectivity index (χ3v) is 8.19. The van der Waals surface area contributed by atoms with E-state index in [0.717, 1.165) is 5.56 Å². The lowest BCUT2D eigenvalue weighted by Crippen LogP contribution is -2.17. The van der Waals surface area contributed by atoms with Crippen molar-refractivity contribution < 1.29 is 19.1 Å². The van der Waals surface area contributed by atoms with Gasteiger partial charge in [-0.05, 0) is 49.7 Å². The number of hydrogen-bond donors (Lipinski definition) is 1. The van der Waals surface area contributed by atoms with Gasteiger partial charge in [-0.3, -0.25) is 4.79 Å². The minimum Gasteiger partial charge on any atom is -0.481 e. The van der Waals surface area contributed by atoms with Crippen LogP contribution in [0.15, 0.2) is 53.0 Å². The summed E-state index contributed by atoms with van der Waals surface area (Å²) in [6, 6.07) is 12.1. The second kappa shape index (κ2) is 13.1. The van der Waals surface area contributed by atoms with Gasteiger partial charge in [-0.15, -0.1) is 21.5 Å². The molecule has 39 heavy (non-hydrogen) atoms. The molecule has 0 aliphatic carbocycles. The highest BCUT2D eigenvalue weighted by Crippen LogP contribution is 2.37. The zero-order valence-corrected chi connectivity index (χ0v) is 24.9. The van der Waals surface area contributed by atoms with E-state index < -0.39 is 12.1 Å². The van der Waals surface area contributed by atoms with Crippen molar-refractivity contribution in [3.8, 4) is 16.9 Å². The van der Waals surface area contributed by atoms with Gasteiger partial charge in [-0.2, -0.15) is 0 Å². The van der Waals surface area contributed by atoms with Gasteiger partial charge >= 0.3 is 5.97 Å². The lowest BCUT2D eigenvalue weighted by Gasteiger charge is -2.16. The third kappa shape index (κ3) is 6.88. The van der Waals surface area contributed by atoms with Gasteiger partial charge in [-0.25, -0.2) is 4.79 Å². The van der Waals surface area contributed by atoms with Crippen molar-refractivity contribution >= 4 is 74.8 Å². The maximum Gasteiger partial charge on any atom is 0.341 e. The molecule has 0 aliphatic rings. The lowest BCUT2D eigenvalue weighted by atomic mass is 10.0. The van der Waals surface area contributed by atoms with Crippen molar-refractivity contribution in [3.05, 3.63) is 74.3 Å². The van der Waals surface area contributed by atoms with E-state index in [9.17, 15) is 9.59 Å². The summed E-state index contributed by atoms with van der Waals surface area (Å²) in [5.74, 6) is 0.257. The van der Waals surface area contributed by atoms with Crippen molar-refractivity contribution in [2.45, 2.75) is 31.7 Å². The zero-order valence-electron chi connectivity index (χ0n) is 21.0. The number of amides is 1. The average Bonchev–Trinajstić information content (AvgIpc) is 3.53. The standard InChI is InChI=1S/C26H23Cl3N4O4S2/c1-4-33-23(14(2)37-20-10-9-17(28)11-19(20)29)31-32-26(33)39-13-21(34)30-24-22(25(35)36-3)18(12-38-24)15-5-7-16(27)8-6-15/h5-12,14H,4,13H2,1-3H3,(H,30,34). The first kappa shape index (κ1) is 29.2. The number of carbonyl (C=O) groups is 2. The number of aromatic nitrogens is 3. The molecule has 2 heterocycles. The number of hydrogen-bond acceptors (Lipinski definition) is 8. The smallest absolute Gasteiger partial charge is 0.341 e. The first-order chi connectivity index (χ1) is 18.7. The summed E-state index contributed by atoms with van der Waals surface area (Å²) in [7, 11) is 1.30. The summed E-state index contributed by atoms with van der Waals surface area (Å²) >= 11 is 20.7. The van der Waals surface area contributed by atoms with E-state index in [1.807, 2.05) is 18.4 Å². The van der Waals surface area contributed by atoms with Gasteiger partial charge in [0.2, 0.25) is 5.91 Å². The van der Waals surface area contributed by atoms with Gasteiger partial charge in [0.25, 0.3) is 0 Å². The van der Waals surface area contributed by atoms with Crippen LogP contribution < -0.4 is 10.1 Å². The highest BCUT2D eigenvalue weighted by Gasteiger charge is 2.24. The number of thioether (sulfide) groups is 1. The molecule has 2 aromatic heterocycles. The van der Waals surface area contributed by atoms with Gasteiger partial charge in [0.05, 0.1) is 17.9 Å². The van der Waals surface area contributed by atoms with Crippen LogP contribution in [0.1, 0.15) is 36.1 Å². The summed E-state index contributed by atoms with van der Waals surface area (Å²) in [4.78, 5) is 25.5. The van der Waals surface area contributed by atoms with E-state index in [1.54, 1.807) is 47.8 Å². The van der Waals surface area contributed by atoms with Gasteiger partial charge < -0.3 is 19.4 Å². The Morgan fingerprint density at radius 2 is 1.82 bits per heavy atom. The second-order valence-corrected chi connectivity index (χ2v) is 11.2. The number of halogens is 3. The summed E-state index contributed by atoms with van der Waals surface area (Å²) in [5.41, 5.74) is 1.72. The predicted octanol–water partition coefficient (Wildman–Crippen LogP) is 7.64. The van der Waals surface area contributed by atoms with Crippen LogP contribution in [0.5, 0.6) is 5.75 Å². The highest BCUT2D eigenvalue weighted by molar-refractivity contribution is 7.99. The van der Waals surface area contributed by atoms with Crippen molar-refractivity contribution in [3.63, 3.8) is 0 Å². The fourth-order valence-electron chi connectivity index (χ4n) is 3.71. The number of nitrogens with zero attached hydrogens (tertiary/aromatic N) is 3. The van der Waals surface area contributed by atoms with Gasteiger partial charge in [-0.1, -0.05) is 58.7 Å². The van der Waals surface area contributed by atoms with Gasteiger partial charge in [0.1, 0.15) is 16.3 Å². The minimum atomic E-state index is -0.547. The molecule has 4 aromatic rings. The zero-order chi connectivity index (χ0) is 28.1. The molecule has 0 radical (unpaired) electrons. The summed E-state index contributed by atoms with van der Waals surface area (Å²) in [6.07, 6.45) is -0.459. The number of carbonyl (C=O) groups excluding carboxylic acids is 2. The van der Waals surface area contributed by atoms with Crippen LogP contribution in [0.25, 0.3) is 11.1 Å². The Morgan fingerprint density at radius 3 is 2.49 bits per heavy atom. The fourth-order valence-corrected chi connectivity index (χ4v) is 6.07. The molecule has 13 heteroatoms. The molecular formula is C26H23Cl3N4O4S2. The number of methoxy groups -OCH3 is 1. The summed E-state index contributed by atoms with van der Waals surface area (Å²) in [6.45, 7) is 4.35. The quantitative estimate of drug-likeness (QED) is 0.143. The topological polar surface area (TPSA) is 95.3 Å². The van der Waals surface area contributed by atoms with E-state index >= 15 is 0 Å². The second-order valence-electron chi connectivity index (χ2n) is 8.11. The van der Waals surface area contributed by atoms with E-state index in [2.05, 4.69) is 15.5 Å². The van der Waals surface area contributed by atoms with Crippen LogP contribution in [0.4, 0.5) is 5.00 Å². The molecule has 0 saturated carbocycles. The predicted molar refractivity (Wildman–Crippen MR) is 157 cm³/mol. The van der Waals surface area contributed by atoms with Crippen LogP contribution in [0.2, 0.25) is 15.1 Å². The molecule has 1 atom stereocenters. The molecule has 0 spiro atoms.